The summed E-state index contributed by atoms with van der Waals surface area (Å²) in [4.78, 5) is 4.04. The Hall–Kier alpha value is -1.60. The first-order valence-electron chi connectivity index (χ1n) is 6.49. The van der Waals surface area contributed by atoms with E-state index in [4.69, 9.17) is 16.2 Å². The summed E-state index contributed by atoms with van der Waals surface area (Å²) < 4.78 is 5.74. The van der Waals surface area contributed by atoms with E-state index in [1.165, 1.54) is 0 Å². The van der Waals surface area contributed by atoms with Gasteiger partial charge in [-0.25, -0.2) is 4.99 Å². The van der Waals surface area contributed by atoms with E-state index in [1.807, 2.05) is 54.6 Å². The minimum Gasteiger partial charge on any atom is -0.372 e. The standard InChI is InChI=1S/C16H19N3O.HI/c17-16(18)19-10-14-8-4-5-9-15(14)12-20-11-13-6-2-1-3-7-13;/h1-9H,10-12H2,(H4,17,18,19);1H. The van der Waals surface area contributed by atoms with Gasteiger partial charge in [0.05, 0.1) is 19.8 Å². The molecule has 4 N–H and O–H groups in total. The van der Waals surface area contributed by atoms with Crippen molar-refractivity contribution in [1.29, 1.82) is 0 Å². The number of nitrogens with two attached hydrogens (primary N) is 2. The average molecular weight is 397 g/mol. The summed E-state index contributed by atoms with van der Waals surface area (Å²) in [7, 11) is 0. The van der Waals surface area contributed by atoms with Crippen molar-refractivity contribution in [3.8, 4) is 0 Å². The van der Waals surface area contributed by atoms with E-state index in [1.54, 1.807) is 0 Å². The molecule has 0 heterocycles. The minimum absolute atomic E-state index is 0. The number of hydrogen-bond acceptors (Lipinski definition) is 2. The molecule has 0 fully saturated rings. The van der Waals surface area contributed by atoms with Gasteiger partial charge in [0.15, 0.2) is 5.96 Å². The largest absolute Gasteiger partial charge is 0.372 e. The van der Waals surface area contributed by atoms with Crippen molar-refractivity contribution in [1.82, 2.24) is 0 Å². The molecule has 2 aromatic rings. The Bertz CT molecular complexity index is 569. The van der Waals surface area contributed by atoms with Crippen LogP contribution in [-0.2, 0) is 24.5 Å². The third-order valence-electron chi connectivity index (χ3n) is 2.92. The van der Waals surface area contributed by atoms with Gasteiger partial charge in [0.2, 0.25) is 0 Å². The molecule has 0 radical (unpaired) electrons. The SMILES string of the molecule is I.NC(N)=NCc1ccccc1COCc1ccccc1. The number of guanidine groups is 1. The van der Waals surface area contributed by atoms with Gasteiger partial charge in [0.25, 0.3) is 0 Å². The number of rotatable bonds is 6. The quantitative estimate of drug-likeness (QED) is 0.447. The molecule has 0 amide bonds. The molecular weight excluding hydrogens is 377 g/mol. The average Bonchev–Trinajstić information content (AvgIpc) is 2.47. The fourth-order valence-electron chi connectivity index (χ4n) is 1.88. The lowest BCUT2D eigenvalue weighted by atomic mass is 10.1. The van der Waals surface area contributed by atoms with Crippen LogP contribution in [-0.4, -0.2) is 5.96 Å². The van der Waals surface area contributed by atoms with E-state index in [-0.39, 0.29) is 29.9 Å². The van der Waals surface area contributed by atoms with Gasteiger partial charge in [-0.2, -0.15) is 0 Å². The molecule has 2 aromatic carbocycles. The highest BCUT2D eigenvalue weighted by Crippen LogP contribution is 2.12. The zero-order valence-corrected chi connectivity index (χ0v) is 14.1. The predicted molar refractivity (Wildman–Crippen MR) is 96.3 cm³/mol. The third kappa shape index (κ3) is 6.14. The molecule has 0 saturated heterocycles. The minimum atomic E-state index is 0. The predicted octanol–water partition coefficient (Wildman–Crippen LogP) is 2.79. The van der Waals surface area contributed by atoms with Gasteiger partial charge in [-0.1, -0.05) is 54.6 Å². The van der Waals surface area contributed by atoms with Crippen molar-refractivity contribution in [3.05, 3.63) is 71.3 Å². The number of benzene rings is 2. The van der Waals surface area contributed by atoms with Crippen LogP contribution >= 0.6 is 24.0 Å². The van der Waals surface area contributed by atoms with Crippen molar-refractivity contribution in [3.63, 3.8) is 0 Å². The fraction of sp³-hybridized carbons (Fsp3) is 0.188. The van der Waals surface area contributed by atoms with Crippen molar-refractivity contribution >= 4 is 29.9 Å². The third-order valence-corrected chi connectivity index (χ3v) is 2.92. The number of aliphatic imine (C=N–C) groups is 1. The summed E-state index contributed by atoms with van der Waals surface area (Å²) in [5.74, 6) is 0.102. The molecule has 0 spiro atoms. The van der Waals surface area contributed by atoms with Crippen LogP contribution < -0.4 is 11.5 Å². The van der Waals surface area contributed by atoms with Gasteiger partial charge < -0.3 is 16.2 Å². The van der Waals surface area contributed by atoms with Crippen molar-refractivity contribution in [2.24, 2.45) is 16.5 Å². The maximum atomic E-state index is 5.74. The highest BCUT2D eigenvalue weighted by molar-refractivity contribution is 14.0. The van der Waals surface area contributed by atoms with E-state index < -0.39 is 0 Å². The van der Waals surface area contributed by atoms with Crippen LogP contribution in [0.25, 0.3) is 0 Å². The summed E-state index contributed by atoms with van der Waals surface area (Å²) in [5, 5.41) is 0. The summed E-state index contributed by atoms with van der Waals surface area (Å²) in [5.41, 5.74) is 14.1. The van der Waals surface area contributed by atoms with Crippen LogP contribution in [0.4, 0.5) is 0 Å². The van der Waals surface area contributed by atoms with Crippen LogP contribution in [0.2, 0.25) is 0 Å². The van der Waals surface area contributed by atoms with Crippen molar-refractivity contribution < 1.29 is 4.74 Å². The summed E-state index contributed by atoms with van der Waals surface area (Å²) in [6.45, 7) is 1.62. The van der Waals surface area contributed by atoms with Gasteiger partial charge in [-0.15, -0.1) is 24.0 Å². The molecule has 4 nitrogen and oxygen atoms in total. The monoisotopic (exact) mass is 397 g/mol. The molecule has 2 rings (SSSR count). The lowest BCUT2D eigenvalue weighted by molar-refractivity contribution is 0.106. The van der Waals surface area contributed by atoms with E-state index in [9.17, 15) is 0 Å². The molecule has 0 aliphatic carbocycles. The van der Waals surface area contributed by atoms with Gasteiger partial charge in [0.1, 0.15) is 0 Å². The number of nitrogens with zero attached hydrogens (tertiary/aromatic N) is 1. The molecule has 0 bridgehead atoms. The summed E-state index contributed by atoms with van der Waals surface area (Å²) in [6, 6.07) is 18.1. The smallest absolute Gasteiger partial charge is 0.186 e. The van der Waals surface area contributed by atoms with Crippen LogP contribution in [0.5, 0.6) is 0 Å². The first-order chi connectivity index (χ1) is 9.75. The molecular formula is C16H20IN3O. The second kappa shape index (κ2) is 9.36. The van der Waals surface area contributed by atoms with Crippen LogP contribution in [0.1, 0.15) is 16.7 Å². The Morgan fingerprint density at radius 3 is 2.14 bits per heavy atom. The Morgan fingerprint density at radius 2 is 1.48 bits per heavy atom. The van der Waals surface area contributed by atoms with E-state index in [0.717, 1.165) is 16.7 Å². The van der Waals surface area contributed by atoms with Gasteiger partial charge in [-0.3, -0.25) is 0 Å². The second-order valence-electron chi connectivity index (χ2n) is 4.49. The summed E-state index contributed by atoms with van der Waals surface area (Å²) in [6.07, 6.45) is 0. The van der Waals surface area contributed by atoms with Crippen LogP contribution in [0.15, 0.2) is 59.6 Å². The molecule has 0 unspecified atom stereocenters. The molecule has 0 atom stereocenters. The molecule has 0 aromatic heterocycles. The Kier molecular flexibility index (Phi) is 7.78. The molecule has 0 saturated carbocycles. The van der Waals surface area contributed by atoms with Gasteiger partial charge in [-0.05, 0) is 16.7 Å². The first kappa shape index (κ1) is 17.5. The number of ether oxygens (including phenoxy) is 1. The summed E-state index contributed by atoms with van der Waals surface area (Å²) >= 11 is 0. The Labute approximate surface area is 142 Å². The zero-order valence-electron chi connectivity index (χ0n) is 11.7. The molecule has 0 aliphatic rings. The van der Waals surface area contributed by atoms with Gasteiger partial charge in [0, 0.05) is 0 Å². The Morgan fingerprint density at radius 1 is 0.857 bits per heavy atom. The highest BCUT2D eigenvalue weighted by atomic mass is 127. The maximum absolute atomic E-state index is 5.74. The van der Waals surface area contributed by atoms with Crippen LogP contribution in [0, 0.1) is 0 Å². The molecule has 112 valence electrons. The lowest BCUT2D eigenvalue weighted by Gasteiger charge is -2.09. The number of halogens is 1. The molecule has 21 heavy (non-hydrogen) atoms. The first-order valence-corrected chi connectivity index (χ1v) is 6.49. The molecule has 0 aliphatic heterocycles. The van der Waals surface area contributed by atoms with E-state index >= 15 is 0 Å². The van der Waals surface area contributed by atoms with Crippen molar-refractivity contribution in [2.45, 2.75) is 19.8 Å². The van der Waals surface area contributed by atoms with Crippen molar-refractivity contribution in [2.75, 3.05) is 0 Å². The maximum Gasteiger partial charge on any atom is 0.186 e. The fourth-order valence-corrected chi connectivity index (χ4v) is 1.88. The second-order valence-corrected chi connectivity index (χ2v) is 4.49. The Balaban J connectivity index is 0.00000220. The van der Waals surface area contributed by atoms with E-state index in [0.29, 0.717) is 19.8 Å². The normalized spacial score (nSPS) is 9.71. The van der Waals surface area contributed by atoms with Gasteiger partial charge >= 0.3 is 0 Å². The van der Waals surface area contributed by atoms with E-state index in [2.05, 4.69) is 4.99 Å². The molecule has 5 heteroatoms. The highest BCUT2D eigenvalue weighted by Gasteiger charge is 2.01. The zero-order chi connectivity index (χ0) is 14.2. The topological polar surface area (TPSA) is 73.6 Å². The lowest BCUT2D eigenvalue weighted by Crippen LogP contribution is -2.22. The van der Waals surface area contributed by atoms with Crippen LogP contribution in [0.3, 0.4) is 0 Å². The number of hydrogen-bond donors (Lipinski definition) is 2.